The van der Waals surface area contributed by atoms with Crippen LogP contribution >= 0.6 is 11.6 Å². The van der Waals surface area contributed by atoms with Gasteiger partial charge in [0, 0.05) is 49.5 Å². The molecule has 0 spiro atoms. The molecule has 0 unspecified atom stereocenters. The first-order valence-corrected chi connectivity index (χ1v) is 13.9. The Bertz CT molecular complexity index is 1460. The fraction of sp³-hybridized carbons (Fsp3) is 0.296. The van der Waals surface area contributed by atoms with Crippen LogP contribution in [0.15, 0.2) is 72.9 Å². The van der Waals surface area contributed by atoms with E-state index in [1.807, 2.05) is 42.5 Å². The average molecular weight is 507 g/mol. The van der Waals surface area contributed by atoms with Crippen molar-refractivity contribution in [3.05, 3.63) is 83.6 Å². The molecule has 1 saturated carbocycles. The summed E-state index contributed by atoms with van der Waals surface area (Å²) < 4.78 is 29.2. The molecule has 180 valence electrons. The maximum absolute atomic E-state index is 12.7. The summed E-state index contributed by atoms with van der Waals surface area (Å²) >= 11 is 6.15. The van der Waals surface area contributed by atoms with Crippen molar-refractivity contribution >= 4 is 27.3 Å². The second-order valence-corrected chi connectivity index (χ2v) is 12.0. The second kappa shape index (κ2) is 9.06. The van der Waals surface area contributed by atoms with E-state index in [2.05, 4.69) is 39.8 Å². The minimum absolute atomic E-state index is 0.152. The lowest BCUT2D eigenvalue weighted by Gasteiger charge is -2.34. The third kappa shape index (κ3) is 4.49. The molecule has 0 radical (unpaired) electrons. The van der Waals surface area contributed by atoms with Crippen molar-refractivity contribution in [2.45, 2.75) is 24.6 Å². The number of sulfonamides is 1. The van der Waals surface area contributed by atoms with Crippen LogP contribution in [-0.4, -0.2) is 58.4 Å². The van der Waals surface area contributed by atoms with E-state index in [0.29, 0.717) is 37.7 Å². The third-order valence-electron chi connectivity index (χ3n) is 6.95. The van der Waals surface area contributed by atoms with E-state index in [4.69, 9.17) is 16.6 Å². The number of hydrogen-bond donors (Lipinski definition) is 0. The number of aromatic nitrogens is 2. The maximum Gasteiger partial charge on any atom is 0.217 e. The summed E-state index contributed by atoms with van der Waals surface area (Å²) in [5.41, 5.74) is 6.21. The van der Waals surface area contributed by atoms with Gasteiger partial charge in [0.25, 0.3) is 0 Å². The summed E-state index contributed by atoms with van der Waals surface area (Å²) in [7, 11) is -3.12. The van der Waals surface area contributed by atoms with Crippen LogP contribution in [0.3, 0.4) is 0 Å². The highest BCUT2D eigenvalue weighted by atomic mass is 35.5. The highest BCUT2D eigenvalue weighted by Crippen LogP contribution is 2.32. The molecule has 35 heavy (non-hydrogen) atoms. The number of hydrogen-bond acceptors (Lipinski definition) is 4. The van der Waals surface area contributed by atoms with Crippen LogP contribution in [0.2, 0.25) is 5.02 Å². The second-order valence-electron chi connectivity index (χ2n) is 9.35. The van der Waals surface area contributed by atoms with Crippen LogP contribution in [0, 0.1) is 0 Å². The molecule has 2 fully saturated rings. The number of benzene rings is 2. The number of fused-ring (bicyclic) bond motifs is 1. The number of nitrogens with zero attached hydrogens (tertiary/aromatic N) is 4. The summed E-state index contributed by atoms with van der Waals surface area (Å²) in [6.07, 6.45) is 3.76. The summed E-state index contributed by atoms with van der Waals surface area (Å²) in [6.45, 7) is 3.19. The number of rotatable bonds is 6. The first kappa shape index (κ1) is 22.7. The van der Waals surface area contributed by atoms with E-state index in [9.17, 15) is 8.42 Å². The lowest BCUT2D eigenvalue weighted by Crippen LogP contribution is -2.49. The van der Waals surface area contributed by atoms with Gasteiger partial charge in [-0.25, -0.2) is 13.4 Å². The summed E-state index contributed by atoms with van der Waals surface area (Å²) in [4.78, 5) is 7.32. The minimum Gasteiger partial charge on any atom is -0.301 e. The van der Waals surface area contributed by atoms with Gasteiger partial charge in [-0.3, -0.25) is 4.90 Å². The number of halogens is 1. The van der Waals surface area contributed by atoms with Crippen LogP contribution in [0.1, 0.15) is 18.5 Å². The van der Waals surface area contributed by atoms with Crippen LogP contribution in [-0.2, 0) is 16.6 Å². The van der Waals surface area contributed by atoms with Crippen molar-refractivity contribution in [2.24, 2.45) is 0 Å². The SMILES string of the molecule is O=S(=O)(C1CC1)N1CCN(Cc2c(-c3ccc(Cl)cc3)nc3ccc(-c4ccccc4)cn23)CC1. The van der Waals surface area contributed by atoms with Crippen LogP contribution in [0.25, 0.3) is 28.0 Å². The molecule has 1 aliphatic carbocycles. The zero-order chi connectivity index (χ0) is 24.0. The Labute approximate surface area is 210 Å². The smallest absolute Gasteiger partial charge is 0.217 e. The largest absolute Gasteiger partial charge is 0.301 e. The molecule has 2 aromatic carbocycles. The predicted molar refractivity (Wildman–Crippen MR) is 140 cm³/mol. The molecule has 0 amide bonds. The Balaban J connectivity index is 1.34. The van der Waals surface area contributed by atoms with Gasteiger partial charge in [-0.2, -0.15) is 4.31 Å². The topological polar surface area (TPSA) is 57.9 Å². The van der Waals surface area contributed by atoms with E-state index in [-0.39, 0.29) is 5.25 Å². The van der Waals surface area contributed by atoms with Gasteiger partial charge in [0.2, 0.25) is 10.0 Å². The minimum atomic E-state index is -3.12. The molecule has 2 aliphatic rings. The fourth-order valence-corrected chi connectivity index (χ4v) is 6.77. The Morgan fingerprint density at radius 2 is 1.51 bits per heavy atom. The van der Waals surface area contributed by atoms with Gasteiger partial charge in [-0.15, -0.1) is 0 Å². The molecule has 1 aliphatic heterocycles. The summed E-state index contributed by atoms with van der Waals surface area (Å²) in [5.74, 6) is 0. The molecule has 8 heteroatoms. The quantitative estimate of drug-likeness (QED) is 0.372. The normalized spacial score (nSPS) is 17.7. The van der Waals surface area contributed by atoms with Gasteiger partial charge < -0.3 is 4.40 Å². The molecule has 2 aromatic heterocycles. The predicted octanol–water partition coefficient (Wildman–Crippen LogP) is 4.93. The van der Waals surface area contributed by atoms with Crippen molar-refractivity contribution < 1.29 is 8.42 Å². The van der Waals surface area contributed by atoms with E-state index in [1.165, 1.54) is 0 Å². The first-order valence-electron chi connectivity index (χ1n) is 12.0. The maximum atomic E-state index is 12.7. The molecule has 6 nitrogen and oxygen atoms in total. The van der Waals surface area contributed by atoms with Crippen LogP contribution < -0.4 is 0 Å². The molecule has 3 heterocycles. The lowest BCUT2D eigenvalue weighted by molar-refractivity contribution is 0.179. The van der Waals surface area contributed by atoms with Gasteiger partial charge >= 0.3 is 0 Å². The van der Waals surface area contributed by atoms with Gasteiger partial charge in [0.1, 0.15) is 5.65 Å². The fourth-order valence-electron chi connectivity index (χ4n) is 4.82. The molecular formula is C27H27ClN4O2S. The Morgan fingerprint density at radius 3 is 2.20 bits per heavy atom. The Kier molecular flexibility index (Phi) is 5.89. The van der Waals surface area contributed by atoms with Gasteiger partial charge in [-0.1, -0.05) is 54.1 Å². The van der Waals surface area contributed by atoms with E-state index in [1.54, 1.807) is 4.31 Å². The monoisotopic (exact) mass is 506 g/mol. The van der Waals surface area contributed by atoms with E-state index < -0.39 is 10.0 Å². The lowest BCUT2D eigenvalue weighted by atomic mass is 10.1. The van der Waals surface area contributed by atoms with Crippen molar-refractivity contribution in [2.75, 3.05) is 26.2 Å². The number of piperazine rings is 1. The van der Waals surface area contributed by atoms with Crippen molar-refractivity contribution in [1.29, 1.82) is 0 Å². The first-order chi connectivity index (χ1) is 17.0. The summed E-state index contributed by atoms with van der Waals surface area (Å²) in [6, 6.07) is 22.3. The van der Waals surface area contributed by atoms with Crippen molar-refractivity contribution in [3.8, 4) is 22.4 Å². The Hall–Kier alpha value is -2.71. The number of pyridine rings is 1. The molecule has 0 N–H and O–H groups in total. The highest BCUT2D eigenvalue weighted by molar-refractivity contribution is 7.90. The van der Waals surface area contributed by atoms with Crippen LogP contribution in [0.5, 0.6) is 0 Å². The zero-order valence-corrected chi connectivity index (χ0v) is 20.9. The number of imidazole rings is 1. The third-order valence-corrected chi connectivity index (χ3v) is 9.60. The molecule has 0 bridgehead atoms. The van der Waals surface area contributed by atoms with E-state index in [0.717, 1.165) is 46.6 Å². The molecule has 4 aromatic rings. The van der Waals surface area contributed by atoms with Gasteiger partial charge in [0.15, 0.2) is 0 Å². The summed E-state index contributed by atoms with van der Waals surface area (Å²) in [5, 5.41) is 0.541. The molecule has 6 rings (SSSR count). The highest BCUT2D eigenvalue weighted by Gasteiger charge is 2.41. The molecule has 0 atom stereocenters. The van der Waals surface area contributed by atoms with E-state index >= 15 is 0 Å². The van der Waals surface area contributed by atoms with Crippen molar-refractivity contribution in [1.82, 2.24) is 18.6 Å². The van der Waals surface area contributed by atoms with Crippen LogP contribution in [0.4, 0.5) is 0 Å². The molecule has 1 saturated heterocycles. The van der Waals surface area contributed by atoms with Gasteiger partial charge in [-0.05, 0) is 48.2 Å². The van der Waals surface area contributed by atoms with Gasteiger partial charge in [0.05, 0.1) is 16.6 Å². The molecular weight excluding hydrogens is 480 g/mol. The van der Waals surface area contributed by atoms with Crippen molar-refractivity contribution in [3.63, 3.8) is 0 Å². The average Bonchev–Trinajstić information content (AvgIpc) is 3.69. The Morgan fingerprint density at radius 1 is 0.829 bits per heavy atom. The zero-order valence-electron chi connectivity index (χ0n) is 19.3. The standard InChI is InChI=1S/C27H27ClN4O2S/c28-23-9-6-21(7-10-23)27-25(19-30-14-16-31(17-15-30)35(33,34)24-11-12-24)32-18-22(8-13-26(32)29-27)20-4-2-1-3-5-20/h1-10,13,18,24H,11-12,14-17,19H2.